The number of nitriles is 1. The summed E-state index contributed by atoms with van der Waals surface area (Å²) in [5, 5.41) is 16.1. The third-order valence-electron chi connectivity index (χ3n) is 2.13. The van der Waals surface area contributed by atoms with Crippen LogP contribution in [0.1, 0.15) is 11.1 Å². The minimum Gasteiger partial charge on any atom is -0.404 e. The van der Waals surface area contributed by atoms with Gasteiger partial charge in [-0.1, -0.05) is 24.3 Å². The first-order valence-corrected chi connectivity index (χ1v) is 5.92. The van der Waals surface area contributed by atoms with Gasteiger partial charge in [0.15, 0.2) is 6.19 Å². The Labute approximate surface area is 110 Å². The Morgan fingerprint density at radius 1 is 1.44 bits per heavy atom. The maximum absolute atomic E-state index is 8.33. The summed E-state index contributed by atoms with van der Waals surface area (Å²) in [7, 11) is 0. The molecule has 18 heavy (non-hydrogen) atoms. The van der Waals surface area contributed by atoms with E-state index in [4.69, 9.17) is 21.9 Å². The van der Waals surface area contributed by atoms with E-state index < -0.39 is 0 Å². The molecule has 0 aliphatic rings. The number of guanidine groups is 1. The van der Waals surface area contributed by atoms with Gasteiger partial charge in [0.25, 0.3) is 0 Å². The molecule has 6 nitrogen and oxygen atoms in total. The summed E-state index contributed by atoms with van der Waals surface area (Å²) in [6.07, 6.45) is 3.16. The van der Waals surface area contributed by atoms with E-state index in [1.54, 1.807) is 6.19 Å². The van der Waals surface area contributed by atoms with Crippen molar-refractivity contribution in [3.63, 3.8) is 0 Å². The molecule has 0 heterocycles. The van der Waals surface area contributed by atoms with E-state index in [2.05, 4.69) is 10.3 Å². The van der Waals surface area contributed by atoms with Crippen LogP contribution in [0.15, 0.2) is 35.5 Å². The van der Waals surface area contributed by atoms with Crippen LogP contribution in [0.25, 0.3) is 4.91 Å². The molecule has 0 amide bonds. The topological polar surface area (TPSA) is 126 Å². The number of aliphatic imine (C=N–C) groups is 1. The second-order valence-electron chi connectivity index (χ2n) is 3.28. The fraction of sp³-hybridized carbons (Fsp3) is 0.0909. The first-order chi connectivity index (χ1) is 8.71. The predicted molar refractivity (Wildman–Crippen MR) is 74.5 cm³/mol. The van der Waals surface area contributed by atoms with E-state index in [1.807, 2.05) is 24.3 Å². The summed E-state index contributed by atoms with van der Waals surface area (Å²) in [5.41, 5.74) is 12.8. The third kappa shape index (κ3) is 4.01. The van der Waals surface area contributed by atoms with Crippen LogP contribution < -0.4 is 21.9 Å². The zero-order valence-corrected chi connectivity index (χ0v) is 10.4. The largest absolute Gasteiger partial charge is 0.404 e. The molecule has 0 aliphatic heterocycles. The van der Waals surface area contributed by atoms with Crippen molar-refractivity contribution in [1.82, 2.24) is 5.32 Å². The van der Waals surface area contributed by atoms with Crippen LogP contribution in [0.4, 0.5) is 0 Å². The number of hydrogen-bond acceptors (Lipinski definition) is 5. The number of hydrogen-bond donors (Lipinski definition) is 4. The van der Waals surface area contributed by atoms with Crippen molar-refractivity contribution in [2.24, 2.45) is 21.6 Å². The first-order valence-electron chi connectivity index (χ1n) is 5.04. The number of nitrogens with zero attached hydrogens (tertiary/aromatic N) is 2. The lowest BCUT2D eigenvalue weighted by atomic mass is 10.1. The molecule has 94 valence electrons. The Morgan fingerprint density at radius 2 is 2.11 bits per heavy atom. The molecule has 0 spiro atoms. The molecule has 0 radical (unpaired) electrons. The molecular formula is C11H14N6S. The molecule has 1 aromatic rings. The Kier molecular flexibility index (Phi) is 5.57. The average molecular weight is 262 g/mol. The van der Waals surface area contributed by atoms with E-state index >= 15 is 0 Å². The van der Waals surface area contributed by atoms with E-state index in [-0.39, 0.29) is 5.96 Å². The van der Waals surface area contributed by atoms with E-state index in [9.17, 15) is 0 Å². The molecule has 7 N–H and O–H groups in total. The average Bonchev–Trinajstić information content (AvgIpc) is 2.39. The normalized spacial score (nSPS) is 12.0. The van der Waals surface area contributed by atoms with Crippen LogP contribution in [0.2, 0.25) is 0 Å². The Hall–Kier alpha value is -2.17. The molecule has 0 bridgehead atoms. The van der Waals surface area contributed by atoms with Gasteiger partial charge in [-0.25, -0.2) is 4.99 Å². The fourth-order valence-electron chi connectivity index (χ4n) is 1.25. The fourth-order valence-corrected chi connectivity index (χ4v) is 1.60. The second kappa shape index (κ2) is 7.21. The zero-order chi connectivity index (χ0) is 13.4. The highest BCUT2D eigenvalue weighted by molar-refractivity contribution is 8.06. The third-order valence-corrected chi connectivity index (χ3v) is 2.76. The summed E-state index contributed by atoms with van der Waals surface area (Å²) in [4.78, 5) is 4.79. The Morgan fingerprint density at radius 3 is 2.61 bits per heavy atom. The van der Waals surface area contributed by atoms with Crippen molar-refractivity contribution in [2.45, 2.75) is 6.54 Å². The van der Waals surface area contributed by atoms with Crippen molar-refractivity contribution in [2.75, 3.05) is 0 Å². The van der Waals surface area contributed by atoms with Gasteiger partial charge in [0, 0.05) is 11.1 Å². The summed E-state index contributed by atoms with van der Waals surface area (Å²) in [6.45, 7) is 0.401. The van der Waals surface area contributed by atoms with E-state index in [0.29, 0.717) is 6.54 Å². The predicted octanol–water partition coefficient (Wildman–Crippen LogP) is 0.436. The van der Waals surface area contributed by atoms with Gasteiger partial charge in [-0.15, -0.1) is 0 Å². The molecule has 0 saturated carbocycles. The Bertz CT molecular complexity index is 485. The quantitative estimate of drug-likeness (QED) is 0.205. The first kappa shape index (κ1) is 13.9. The van der Waals surface area contributed by atoms with Crippen molar-refractivity contribution in [3.8, 4) is 6.19 Å². The minimum atomic E-state index is 0.0987. The molecule has 0 saturated heterocycles. The monoisotopic (exact) mass is 262 g/mol. The van der Waals surface area contributed by atoms with Crippen molar-refractivity contribution in [1.29, 1.82) is 5.26 Å². The van der Waals surface area contributed by atoms with Crippen LogP contribution in [-0.4, -0.2) is 5.96 Å². The molecular weight excluding hydrogens is 248 g/mol. The molecule has 0 aliphatic carbocycles. The van der Waals surface area contributed by atoms with Crippen LogP contribution in [0, 0.1) is 11.5 Å². The van der Waals surface area contributed by atoms with Crippen LogP contribution in [0.5, 0.6) is 0 Å². The van der Waals surface area contributed by atoms with Crippen LogP contribution in [0.3, 0.4) is 0 Å². The van der Waals surface area contributed by atoms with E-state index in [1.165, 1.54) is 6.20 Å². The lowest BCUT2D eigenvalue weighted by molar-refractivity contribution is 1.03. The lowest BCUT2D eigenvalue weighted by Crippen LogP contribution is -2.27. The molecule has 0 aromatic heterocycles. The van der Waals surface area contributed by atoms with Gasteiger partial charge in [0.1, 0.15) is 0 Å². The maximum atomic E-state index is 8.33. The number of nitrogens with one attached hydrogen (secondary N) is 1. The summed E-state index contributed by atoms with van der Waals surface area (Å²) < 4.78 is 0. The summed E-state index contributed by atoms with van der Waals surface area (Å²) in [6, 6.07) is 7.60. The van der Waals surface area contributed by atoms with Crippen molar-refractivity contribution in [3.05, 3.63) is 41.6 Å². The minimum absolute atomic E-state index is 0.0987. The highest BCUT2D eigenvalue weighted by atomic mass is 32.2. The van der Waals surface area contributed by atoms with Gasteiger partial charge in [-0.2, -0.15) is 5.26 Å². The molecule has 0 atom stereocenters. The smallest absolute Gasteiger partial charge is 0.202 e. The zero-order valence-electron chi connectivity index (χ0n) is 9.63. The van der Waals surface area contributed by atoms with Gasteiger partial charge >= 0.3 is 0 Å². The van der Waals surface area contributed by atoms with Crippen molar-refractivity contribution >= 4 is 22.8 Å². The molecule has 1 rings (SSSR count). The van der Waals surface area contributed by atoms with Crippen molar-refractivity contribution < 1.29 is 0 Å². The SMILES string of the molecule is N#CNC(N)=NCc1ccc(/C(=C/N)SN)cc1. The van der Waals surface area contributed by atoms with Crippen LogP contribution >= 0.6 is 11.9 Å². The number of rotatable bonds is 4. The van der Waals surface area contributed by atoms with Crippen LogP contribution in [-0.2, 0) is 6.54 Å². The second-order valence-corrected chi connectivity index (χ2v) is 3.96. The van der Waals surface area contributed by atoms with Gasteiger partial charge in [-0.3, -0.25) is 10.5 Å². The Balaban J connectivity index is 2.72. The van der Waals surface area contributed by atoms with Gasteiger partial charge in [0.05, 0.1) is 6.54 Å². The molecule has 0 unspecified atom stereocenters. The standard InChI is InChI=1S/C11H14N6S/c12-5-10(18-15)9-3-1-8(2-4-9)6-16-11(14)17-7-13/h1-5H,6,12,15H2,(H3,14,16,17)/b10-5-. The molecule has 0 fully saturated rings. The van der Waals surface area contributed by atoms with Gasteiger partial charge < -0.3 is 11.5 Å². The highest BCUT2D eigenvalue weighted by Crippen LogP contribution is 2.22. The summed E-state index contributed by atoms with van der Waals surface area (Å²) in [5.74, 6) is 0.0987. The summed E-state index contributed by atoms with van der Waals surface area (Å²) >= 11 is 1.10. The van der Waals surface area contributed by atoms with Gasteiger partial charge in [-0.05, 0) is 23.1 Å². The highest BCUT2D eigenvalue weighted by Gasteiger charge is 2.00. The van der Waals surface area contributed by atoms with Gasteiger partial charge in [0.2, 0.25) is 5.96 Å². The number of nitrogens with two attached hydrogens (primary N) is 3. The number of benzene rings is 1. The lowest BCUT2D eigenvalue weighted by Gasteiger charge is -2.04. The van der Waals surface area contributed by atoms with E-state index in [0.717, 1.165) is 28.0 Å². The maximum Gasteiger partial charge on any atom is 0.202 e. The molecule has 7 heteroatoms. The molecule has 1 aromatic carbocycles.